The molecule has 3 aromatic rings. The zero-order chi connectivity index (χ0) is 20.1. The van der Waals surface area contributed by atoms with Crippen LogP contribution in [0.25, 0.3) is 0 Å². The molecule has 0 spiro atoms. The lowest BCUT2D eigenvalue weighted by Gasteiger charge is -2.15. The van der Waals surface area contributed by atoms with E-state index in [9.17, 15) is 13.2 Å². The van der Waals surface area contributed by atoms with E-state index in [1.807, 2.05) is 12.3 Å². The molecule has 0 aliphatic carbocycles. The van der Waals surface area contributed by atoms with Crippen LogP contribution < -0.4 is 10.1 Å². The Bertz CT molecular complexity index is 1030. The number of hydrogen-bond donors (Lipinski definition) is 1. The minimum absolute atomic E-state index is 0.217. The standard InChI is InChI=1S/C20H20N2O4S2/c1-14(15-5-9-19(10-6-15)28(2,24)25)22-20(23)16-3-7-18(8-4-16)26-11-17-12-27-13-21-17/h3-10,12-14H,11H2,1-2H3,(H,22,23)/t14-/m0/s1. The molecule has 1 aromatic heterocycles. The first-order valence-corrected chi connectivity index (χ1v) is 11.4. The molecule has 0 aliphatic heterocycles. The highest BCUT2D eigenvalue weighted by atomic mass is 32.2. The van der Waals surface area contributed by atoms with Crippen molar-refractivity contribution < 1.29 is 17.9 Å². The number of hydrogen-bond acceptors (Lipinski definition) is 6. The number of carbonyl (C=O) groups is 1. The van der Waals surface area contributed by atoms with Crippen molar-refractivity contribution in [2.75, 3.05) is 6.26 Å². The van der Waals surface area contributed by atoms with Crippen LogP contribution in [0, 0.1) is 0 Å². The van der Waals surface area contributed by atoms with Crippen molar-refractivity contribution in [1.29, 1.82) is 0 Å². The minimum atomic E-state index is -3.24. The zero-order valence-corrected chi connectivity index (χ0v) is 17.1. The van der Waals surface area contributed by atoms with Crippen LogP contribution in [0.5, 0.6) is 5.75 Å². The molecule has 146 valence electrons. The fourth-order valence-corrected chi connectivity index (χ4v) is 3.71. The summed E-state index contributed by atoms with van der Waals surface area (Å²) in [6, 6.07) is 13.1. The number of benzene rings is 2. The van der Waals surface area contributed by atoms with Crippen molar-refractivity contribution >= 4 is 27.1 Å². The third-order valence-corrected chi connectivity index (χ3v) is 5.91. The minimum Gasteiger partial charge on any atom is -0.487 e. The second-order valence-electron chi connectivity index (χ2n) is 6.33. The van der Waals surface area contributed by atoms with E-state index in [2.05, 4.69) is 10.3 Å². The second-order valence-corrected chi connectivity index (χ2v) is 9.06. The Morgan fingerprint density at radius 2 is 1.82 bits per heavy atom. The summed E-state index contributed by atoms with van der Waals surface area (Å²) in [5.74, 6) is 0.444. The van der Waals surface area contributed by atoms with E-state index >= 15 is 0 Å². The molecule has 3 rings (SSSR count). The molecule has 0 aliphatic rings. The van der Waals surface area contributed by atoms with Gasteiger partial charge in [-0.1, -0.05) is 12.1 Å². The fraction of sp³-hybridized carbons (Fsp3) is 0.200. The summed E-state index contributed by atoms with van der Waals surface area (Å²) in [4.78, 5) is 16.9. The van der Waals surface area contributed by atoms with Crippen LogP contribution in [-0.4, -0.2) is 25.6 Å². The van der Waals surface area contributed by atoms with Crippen LogP contribution in [0.4, 0.5) is 0 Å². The molecule has 0 unspecified atom stereocenters. The Morgan fingerprint density at radius 3 is 2.39 bits per heavy atom. The molecule has 0 radical (unpaired) electrons. The average Bonchev–Trinajstić information content (AvgIpc) is 3.20. The molecule has 1 heterocycles. The van der Waals surface area contributed by atoms with Gasteiger partial charge in [-0.25, -0.2) is 13.4 Å². The number of nitrogens with one attached hydrogen (secondary N) is 1. The summed E-state index contributed by atoms with van der Waals surface area (Å²) in [6.45, 7) is 2.23. The molecule has 2 aromatic carbocycles. The van der Waals surface area contributed by atoms with Gasteiger partial charge in [0.15, 0.2) is 9.84 Å². The topological polar surface area (TPSA) is 85.4 Å². The molecule has 8 heteroatoms. The first-order chi connectivity index (χ1) is 13.3. The molecule has 1 atom stereocenters. The van der Waals surface area contributed by atoms with Gasteiger partial charge in [0.2, 0.25) is 0 Å². The van der Waals surface area contributed by atoms with E-state index in [4.69, 9.17) is 4.74 Å². The van der Waals surface area contributed by atoms with Gasteiger partial charge < -0.3 is 10.1 Å². The third-order valence-electron chi connectivity index (χ3n) is 4.14. The summed E-state index contributed by atoms with van der Waals surface area (Å²) >= 11 is 1.51. The maximum atomic E-state index is 12.5. The van der Waals surface area contributed by atoms with Crippen molar-refractivity contribution in [2.24, 2.45) is 0 Å². The Morgan fingerprint density at radius 1 is 1.14 bits per heavy atom. The van der Waals surface area contributed by atoms with Crippen molar-refractivity contribution in [3.63, 3.8) is 0 Å². The van der Waals surface area contributed by atoms with Gasteiger partial charge in [-0.3, -0.25) is 4.79 Å². The Hall–Kier alpha value is -2.71. The van der Waals surface area contributed by atoms with Crippen LogP contribution in [0.3, 0.4) is 0 Å². The largest absolute Gasteiger partial charge is 0.487 e. The van der Waals surface area contributed by atoms with Gasteiger partial charge in [-0.2, -0.15) is 0 Å². The van der Waals surface area contributed by atoms with Crippen molar-refractivity contribution in [1.82, 2.24) is 10.3 Å². The van der Waals surface area contributed by atoms with Gasteiger partial charge in [0.05, 0.1) is 22.1 Å². The molecule has 28 heavy (non-hydrogen) atoms. The van der Waals surface area contributed by atoms with Crippen LogP contribution in [0.15, 0.2) is 64.3 Å². The predicted octanol–water partition coefficient (Wildman–Crippen LogP) is 3.62. The van der Waals surface area contributed by atoms with Crippen molar-refractivity contribution in [2.45, 2.75) is 24.5 Å². The predicted molar refractivity (Wildman–Crippen MR) is 108 cm³/mol. The monoisotopic (exact) mass is 416 g/mol. The summed E-state index contributed by atoms with van der Waals surface area (Å²) in [7, 11) is -3.24. The second kappa shape index (κ2) is 8.53. The molecule has 0 saturated heterocycles. The number of sulfone groups is 1. The van der Waals surface area contributed by atoms with Gasteiger partial charge >= 0.3 is 0 Å². The number of nitrogens with zero attached hydrogens (tertiary/aromatic N) is 1. The summed E-state index contributed by atoms with van der Waals surface area (Å²) in [6.07, 6.45) is 1.16. The van der Waals surface area contributed by atoms with E-state index < -0.39 is 9.84 Å². The van der Waals surface area contributed by atoms with Crippen LogP contribution >= 0.6 is 11.3 Å². The molecule has 0 fully saturated rings. The van der Waals surface area contributed by atoms with Gasteiger partial charge in [0.25, 0.3) is 5.91 Å². The third kappa shape index (κ3) is 5.17. The first kappa shape index (κ1) is 20.0. The maximum absolute atomic E-state index is 12.5. The maximum Gasteiger partial charge on any atom is 0.251 e. The molecule has 0 bridgehead atoms. The number of aromatic nitrogens is 1. The van der Waals surface area contributed by atoms with Gasteiger partial charge in [-0.05, 0) is 48.9 Å². The zero-order valence-electron chi connectivity index (χ0n) is 15.5. The first-order valence-electron chi connectivity index (χ1n) is 8.54. The molecular weight excluding hydrogens is 396 g/mol. The Kier molecular flexibility index (Phi) is 6.11. The van der Waals surface area contributed by atoms with Gasteiger partial charge in [-0.15, -0.1) is 11.3 Å². The lowest BCUT2D eigenvalue weighted by atomic mass is 10.1. The Labute approximate surface area is 168 Å². The highest BCUT2D eigenvalue weighted by Crippen LogP contribution is 2.18. The van der Waals surface area contributed by atoms with Crippen LogP contribution in [0.1, 0.15) is 34.6 Å². The highest BCUT2D eigenvalue weighted by molar-refractivity contribution is 7.90. The quantitative estimate of drug-likeness (QED) is 0.636. The smallest absolute Gasteiger partial charge is 0.251 e. The highest BCUT2D eigenvalue weighted by Gasteiger charge is 2.13. The lowest BCUT2D eigenvalue weighted by molar-refractivity contribution is 0.0940. The normalized spacial score (nSPS) is 12.4. The number of rotatable bonds is 7. The Balaban J connectivity index is 1.59. The van der Waals surface area contributed by atoms with Gasteiger partial charge in [0.1, 0.15) is 12.4 Å². The fourth-order valence-electron chi connectivity index (χ4n) is 2.54. The molecular formula is C20H20N2O4S2. The average molecular weight is 417 g/mol. The van der Waals surface area contributed by atoms with E-state index in [-0.39, 0.29) is 16.8 Å². The number of ether oxygens (including phenoxy) is 1. The van der Waals surface area contributed by atoms with Crippen LogP contribution in [0.2, 0.25) is 0 Å². The lowest BCUT2D eigenvalue weighted by Crippen LogP contribution is -2.26. The van der Waals surface area contributed by atoms with E-state index in [1.165, 1.54) is 11.3 Å². The van der Waals surface area contributed by atoms with E-state index in [1.54, 1.807) is 54.0 Å². The summed E-state index contributed by atoms with van der Waals surface area (Å²) in [5.41, 5.74) is 3.95. The number of thiazole rings is 1. The van der Waals surface area contributed by atoms with Crippen molar-refractivity contribution in [3.05, 3.63) is 76.2 Å². The number of carbonyl (C=O) groups excluding carboxylic acids is 1. The number of amides is 1. The van der Waals surface area contributed by atoms with E-state index in [0.717, 1.165) is 17.5 Å². The molecule has 1 N–H and O–H groups in total. The molecule has 1 amide bonds. The van der Waals surface area contributed by atoms with Gasteiger partial charge in [0, 0.05) is 17.2 Å². The molecule has 6 nitrogen and oxygen atoms in total. The summed E-state index contributed by atoms with van der Waals surface area (Å²) < 4.78 is 28.7. The SMILES string of the molecule is C[C@H](NC(=O)c1ccc(OCc2cscn2)cc1)c1ccc(S(C)(=O)=O)cc1. The van der Waals surface area contributed by atoms with Crippen molar-refractivity contribution in [3.8, 4) is 5.75 Å². The molecule has 0 saturated carbocycles. The van der Waals surface area contributed by atoms with Crippen LogP contribution in [-0.2, 0) is 16.4 Å². The summed E-state index contributed by atoms with van der Waals surface area (Å²) in [5, 5.41) is 4.83. The van der Waals surface area contributed by atoms with E-state index in [0.29, 0.717) is 17.9 Å².